The Bertz CT molecular complexity index is 619. The molecule has 0 amide bonds. The van der Waals surface area contributed by atoms with Gasteiger partial charge < -0.3 is 5.32 Å². The van der Waals surface area contributed by atoms with Gasteiger partial charge in [-0.15, -0.1) is 0 Å². The summed E-state index contributed by atoms with van der Waals surface area (Å²) in [5.74, 6) is -0.308. The topological polar surface area (TPSA) is 12.0 Å². The fourth-order valence-electron chi connectivity index (χ4n) is 2.06. The van der Waals surface area contributed by atoms with Crippen molar-refractivity contribution in [3.05, 3.63) is 67.9 Å². The molecule has 2 aromatic rings. The predicted molar refractivity (Wildman–Crippen MR) is 86.1 cm³/mol. The Hall–Kier alpha value is -0.610. The van der Waals surface area contributed by atoms with E-state index in [1.807, 2.05) is 19.1 Å². The van der Waals surface area contributed by atoms with E-state index in [4.69, 9.17) is 23.2 Å². The number of benzene rings is 2. The summed E-state index contributed by atoms with van der Waals surface area (Å²) in [6.07, 6.45) is 0. The van der Waals surface area contributed by atoms with Crippen molar-refractivity contribution in [3.8, 4) is 0 Å². The first-order chi connectivity index (χ1) is 9.52. The van der Waals surface area contributed by atoms with Crippen LogP contribution < -0.4 is 5.32 Å². The summed E-state index contributed by atoms with van der Waals surface area (Å²) < 4.78 is 14.4. The minimum atomic E-state index is -0.308. The summed E-state index contributed by atoms with van der Waals surface area (Å²) in [6, 6.07) is 9.70. The fraction of sp³-hybridized carbons (Fsp3) is 0.200. The molecule has 0 radical (unpaired) electrons. The van der Waals surface area contributed by atoms with Gasteiger partial charge in [0.1, 0.15) is 5.82 Å². The predicted octanol–water partition coefficient (Wildman–Crippen LogP) is 5.59. The molecule has 0 aliphatic heterocycles. The Morgan fingerprint density at radius 3 is 2.55 bits per heavy atom. The Kier molecular flexibility index (Phi) is 5.44. The summed E-state index contributed by atoms with van der Waals surface area (Å²) in [7, 11) is 0. The highest BCUT2D eigenvalue weighted by molar-refractivity contribution is 9.10. The summed E-state index contributed by atoms with van der Waals surface area (Å²) in [5.41, 5.74) is 1.67. The second-order valence-corrected chi connectivity index (χ2v) is 6.02. The van der Waals surface area contributed by atoms with Crippen molar-refractivity contribution in [1.29, 1.82) is 0 Å². The van der Waals surface area contributed by atoms with E-state index in [1.165, 1.54) is 12.1 Å². The lowest BCUT2D eigenvalue weighted by atomic mass is 9.98. The standard InChI is InChI=1S/C15H13BrCl2FN/c1-2-20-15(11-5-3-9(17)7-13(11)16)12-8-10(19)4-6-14(12)18/h3-8,15,20H,2H2,1H3. The van der Waals surface area contributed by atoms with Crippen LogP contribution in [0.25, 0.3) is 0 Å². The van der Waals surface area contributed by atoms with Crippen molar-refractivity contribution >= 4 is 39.1 Å². The van der Waals surface area contributed by atoms with Gasteiger partial charge in [0.2, 0.25) is 0 Å². The van der Waals surface area contributed by atoms with Crippen LogP contribution in [-0.4, -0.2) is 6.54 Å². The van der Waals surface area contributed by atoms with Gasteiger partial charge in [0.25, 0.3) is 0 Å². The van der Waals surface area contributed by atoms with Crippen LogP contribution in [0.5, 0.6) is 0 Å². The molecule has 1 unspecified atom stereocenters. The summed E-state index contributed by atoms with van der Waals surface area (Å²) in [6.45, 7) is 2.72. The number of hydrogen-bond acceptors (Lipinski definition) is 1. The lowest BCUT2D eigenvalue weighted by molar-refractivity contribution is 0.602. The van der Waals surface area contributed by atoms with Gasteiger partial charge in [-0.3, -0.25) is 0 Å². The van der Waals surface area contributed by atoms with Crippen LogP contribution in [0.3, 0.4) is 0 Å². The molecule has 2 rings (SSSR count). The quantitative estimate of drug-likeness (QED) is 0.732. The first kappa shape index (κ1) is 15.8. The molecule has 0 saturated heterocycles. The molecule has 0 aliphatic rings. The van der Waals surface area contributed by atoms with E-state index in [9.17, 15) is 4.39 Å². The van der Waals surface area contributed by atoms with Crippen LogP contribution in [0.1, 0.15) is 24.1 Å². The molecule has 2 aromatic carbocycles. The summed E-state index contributed by atoms with van der Waals surface area (Å²) >= 11 is 15.7. The molecule has 106 valence electrons. The van der Waals surface area contributed by atoms with E-state index in [0.717, 1.165) is 16.6 Å². The number of rotatable bonds is 4. The highest BCUT2D eigenvalue weighted by Crippen LogP contribution is 2.34. The van der Waals surface area contributed by atoms with Crippen LogP contribution >= 0.6 is 39.1 Å². The number of hydrogen-bond donors (Lipinski definition) is 1. The average molecular weight is 377 g/mol. The summed E-state index contributed by atoms with van der Waals surface area (Å²) in [5, 5.41) is 4.49. The monoisotopic (exact) mass is 375 g/mol. The minimum Gasteiger partial charge on any atom is -0.306 e. The largest absolute Gasteiger partial charge is 0.306 e. The van der Waals surface area contributed by atoms with Gasteiger partial charge in [0.15, 0.2) is 0 Å². The SMILES string of the molecule is CCNC(c1cc(F)ccc1Cl)c1ccc(Cl)cc1Br. The van der Waals surface area contributed by atoms with Crippen molar-refractivity contribution in [2.24, 2.45) is 0 Å². The molecular formula is C15H13BrCl2FN. The Balaban J connectivity index is 2.53. The molecule has 0 aromatic heterocycles. The zero-order valence-electron chi connectivity index (χ0n) is 10.8. The highest BCUT2D eigenvalue weighted by atomic mass is 79.9. The molecule has 0 aliphatic carbocycles. The van der Waals surface area contributed by atoms with Crippen LogP contribution in [0, 0.1) is 5.82 Å². The third kappa shape index (κ3) is 3.53. The minimum absolute atomic E-state index is 0.199. The van der Waals surface area contributed by atoms with E-state index >= 15 is 0 Å². The van der Waals surface area contributed by atoms with E-state index < -0.39 is 0 Å². The Morgan fingerprint density at radius 1 is 1.15 bits per heavy atom. The maximum atomic E-state index is 13.5. The van der Waals surface area contributed by atoms with Gasteiger partial charge in [-0.25, -0.2) is 4.39 Å². The summed E-state index contributed by atoms with van der Waals surface area (Å²) in [4.78, 5) is 0. The van der Waals surface area contributed by atoms with E-state index in [0.29, 0.717) is 15.6 Å². The molecular weight excluding hydrogens is 364 g/mol. The second kappa shape index (κ2) is 6.90. The zero-order chi connectivity index (χ0) is 14.7. The van der Waals surface area contributed by atoms with Gasteiger partial charge >= 0.3 is 0 Å². The first-order valence-corrected chi connectivity index (χ1v) is 7.71. The molecule has 0 saturated carbocycles. The highest BCUT2D eigenvalue weighted by Gasteiger charge is 2.19. The third-order valence-electron chi connectivity index (χ3n) is 2.95. The molecule has 0 spiro atoms. The number of halogens is 4. The molecule has 1 nitrogen and oxygen atoms in total. The lowest BCUT2D eigenvalue weighted by Gasteiger charge is -2.21. The molecule has 5 heteroatoms. The maximum absolute atomic E-state index is 13.5. The average Bonchev–Trinajstić information content (AvgIpc) is 2.40. The molecule has 20 heavy (non-hydrogen) atoms. The lowest BCUT2D eigenvalue weighted by Crippen LogP contribution is -2.22. The van der Waals surface area contributed by atoms with Crippen LogP contribution in [0.4, 0.5) is 4.39 Å². The van der Waals surface area contributed by atoms with Gasteiger partial charge in [-0.2, -0.15) is 0 Å². The van der Waals surface area contributed by atoms with Crippen LogP contribution in [0.15, 0.2) is 40.9 Å². The Labute approximate surface area is 136 Å². The maximum Gasteiger partial charge on any atom is 0.123 e. The molecule has 1 atom stereocenters. The molecule has 0 bridgehead atoms. The smallest absolute Gasteiger partial charge is 0.123 e. The normalized spacial score (nSPS) is 12.4. The zero-order valence-corrected chi connectivity index (χ0v) is 13.9. The van der Waals surface area contributed by atoms with Crippen molar-refractivity contribution < 1.29 is 4.39 Å². The van der Waals surface area contributed by atoms with Gasteiger partial charge in [-0.1, -0.05) is 52.1 Å². The fourth-order valence-corrected chi connectivity index (χ4v) is 3.20. The third-order valence-corrected chi connectivity index (χ3v) is 4.22. The van der Waals surface area contributed by atoms with E-state index in [2.05, 4.69) is 21.2 Å². The first-order valence-electron chi connectivity index (χ1n) is 6.16. The van der Waals surface area contributed by atoms with E-state index in [-0.39, 0.29) is 11.9 Å². The molecule has 0 fully saturated rings. The van der Waals surface area contributed by atoms with Crippen molar-refractivity contribution in [2.75, 3.05) is 6.54 Å². The number of nitrogens with one attached hydrogen (secondary N) is 1. The second-order valence-electron chi connectivity index (χ2n) is 4.32. The van der Waals surface area contributed by atoms with Gasteiger partial charge in [0, 0.05) is 14.5 Å². The molecule has 0 heterocycles. The van der Waals surface area contributed by atoms with Crippen molar-refractivity contribution in [1.82, 2.24) is 5.32 Å². The van der Waals surface area contributed by atoms with Crippen LogP contribution in [-0.2, 0) is 0 Å². The van der Waals surface area contributed by atoms with Crippen molar-refractivity contribution in [2.45, 2.75) is 13.0 Å². The van der Waals surface area contributed by atoms with Gasteiger partial charge in [0.05, 0.1) is 6.04 Å². The van der Waals surface area contributed by atoms with E-state index in [1.54, 1.807) is 12.1 Å². The molecule has 1 N–H and O–H groups in total. The van der Waals surface area contributed by atoms with Crippen LogP contribution in [0.2, 0.25) is 10.0 Å². The van der Waals surface area contributed by atoms with Crippen molar-refractivity contribution in [3.63, 3.8) is 0 Å². The Morgan fingerprint density at radius 2 is 1.90 bits per heavy atom. The van der Waals surface area contributed by atoms with Gasteiger partial charge in [-0.05, 0) is 48.0 Å².